The molecule has 5 nitrogen and oxygen atoms in total. The van der Waals surface area contributed by atoms with Crippen LogP contribution >= 0.6 is 23.2 Å². The molecule has 1 aliphatic heterocycles. The molecule has 1 aliphatic rings. The molecule has 110 valence electrons. The third kappa shape index (κ3) is 2.84. The standard InChI is InChI=1S/C14H14Cl2N4O/c1-8-6-13(18-11-4-5-17-14(11)21)19-20(8)12-3-2-9(15)7-10(12)16/h2-3,6-7,11H,4-5H2,1H3,(H,17,21)(H,18,19)/t11-/m1/s1. The van der Waals surface area contributed by atoms with E-state index < -0.39 is 0 Å². The van der Waals surface area contributed by atoms with Crippen molar-refractivity contribution in [2.75, 3.05) is 11.9 Å². The number of carbonyl (C=O) groups is 1. The zero-order valence-electron chi connectivity index (χ0n) is 11.4. The molecule has 1 fully saturated rings. The highest BCUT2D eigenvalue weighted by molar-refractivity contribution is 6.35. The molecule has 0 bridgehead atoms. The number of hydrogen-bond donors (Lipinski definition) is 2. The summed E-state index contributed by atoms with van der Waals surface area (Å²) < 4.78 is 1.73. The number of anilines is 1. The lowest BCUT2D eigenvalue weighted by atomic mass is 10.2. The van der Waals surface area contributed by atoms with E-state index in [4.69, 9.17) is 23.2 Å². The largest absolute Gasteiger partial charge is 0.357 e. The van der Waals surface area contributed by atoms with E-state index in [0.29, 0.717) is 22.4 Å². The van der Waals surface area contributed by atoms with Crippen LogP contribution in [0.2, 0.25) is 10.0 Å². The van der Waals surface area contributed by atoms with Crippen molar-refractivity contribution in [2.24, 2.45) is 0 Å². The summed E-state index contributed by atoms with van der Waals surface area (Å²) in [5.41, 5.74) is 1.67. The van der Waals surface area contributed by atoms with Gasteiger partial charge in [0.25, 0.3) is 0 Å². The molecule has 0 radical (unpaired) electrons. The van der Waals surface area contributed by atoms with E-state index in [-0.39, 0.29) is 11.9 Å². The lowest BCUT2D eigenvalue weighted by molar-refractivity contribution is -0.119. The summed E-state index contributed by atoms with van der Waals surface area (Å²) >= 11 is 12.1. The minimum Gasteiger partial charge on any atom is -0.357 e. The second-order valence-corrected chi connectivity index (χ2v) is 5.80. The Labute approximate surface area is 132 Å². The van der Waals surface area contributed by atoms with Crippen molar-refractivity contribution < 1.29 is 4.79 Å². The predicted molar refractivity (Wildman–Crippen MR) is 83.4 cm³/mol. The molecule has 1 amide bonds. The summed E-state index contributed by atoms with van der Waals surface area (Å²) in [6.07, 6.45) is 0.756. The van der Waals surface area contributed by atoms with Gasteiger partial charge in [0.15, 0.2) is 0 Å². The Bertz CT molecular complexity index is 698. The maximum atomic E-state index is 11.6. The van der Waals surface area contributed by atoms with Gasteiger partial charge in [-0.2, -0.15) is 5.10 Å². The molecule has 7 heteroatoms. The van der Waals surface area contributed by atoms with E-state index in [1.165, 1.54) is 0 Å². The number of benzene rings is 1. The van der Waals surface area contributed by atoms with Gasteiger partial charge in [0.2, 0.25) is 5.91 Å². The third-order valence-electron chi connectivity index (χ3n) is 3.40. The molecule has 0 aliphatic carbocycles. The lowest BCUT2D eigenvalue weighted by Crippen LogP contribution is -2.29. The van der Waals surface area contributed by atoms with Crippen LogP contribution in [0.15, 0.2) is 24.3 Å². The van der Waals surface area contributed by atoms with E-state index >= 15 is 0 Å². The maximum absolute atomic E-state index is 11.6. The number of nitrogens with zero attached hydrogens (tertiary/aromatic N) is 2. The van der Waals surface area contributed by atoms with Gasteiger partial charge in [-0.15, -0.1) is 0 Å². The second-order valence-electron chi connectivity index (χ2n) is 4.96. The minimum absolute atomic E-state index is 0.00623. The second kappa shape index (κ2) is 5.58. The average Bonchev–Trinajstić information content (AvgIpc) is 2.97. The molecule has 0 spiro atoms. The fraction of sp³-hybridized carbons (Fsp3) is 0.286. The summed E-state index contributed by atoms with van der Waals surface area (Å²) in [4.78, 5) is 11.6. The van der Waals surface area contributed by atoms with Gasteiger partial charge in [0.1, 0.15) is 11.9 Å². The van der Waals surface area contributed by atoms with Crippen LogP contribution in [0.1, 0.15) is 12.1 Å². The first-order valence-corrected chi connectivity index (χ1v) is 7.36. The van der Waals surface area contributed by atoms with Crippen molar-refractivity contribution in [1.29, 1.82) is 0 Å². The monoisotopic (exact) mass is 324 g/mol. The van der Waals surface area contributed by atoms with Crippen molar-refractivity contribution in [3.05, 3.63) is 40.0 Å². The predicted octanol–water partition coefficient (Wildman–Crippen LogP) is 2.79. The van der Waals surface area contributed by atoms with Gasteiger partial charge in [-0.05, 0) is 31.5 Å². The van der Waals surface area contributed by atoms with Crippen molar-refractivity contribution in [2.45, 2.75) is 19.4 Å². The average molecular weight is 325 g/mol. The number of amides is 1. The minimum atomic E-state index is -0.228. The SMILES string of the molecule is Cc1cc(N[C@@H]2CCNC2=O)nn1-c1ccc(Cl)cc1Cl. The molecule has 1 aromatic carbocycles. The summed E-state index contributed by atoms with van der Waals surface area (Å²) in [5.74, 6) is 0.660. The Kier molecular flexibility index (Phi) is 3.78. The van der Waals surface area contributed by atoms with E-state index in [0.717, 1.165) is 17.8 Å². The number of rotatable bonds is 3. The van der Waals surface area contributed by atoms with Crippen LogP contribution in [-0.4, -0.2) is 28.3 Å². The molecule has 0 saturated carbocycles. The molecule has 3 rings (SSSR count). The summed E-state index contributed by atoms with van der Waals surface area (Å²) in [6, 6.07) is 6.92. The fourth-order valence-electron chi connectivity index (χ4n) is 2.35. The van der Waals surface area contributed by atoms with E-state index in [1.807, 2.05) is 19.1 Å². The number of aryl methyl sites for hydroxylation is 1. The number of halogens is 2. The Morgan fingerprint density at radius 1 is 1.38 bits per heavy atom. The number of aromatic nitrogens is 2. The summed E-state index contributed by atoms with van der Waals surface area (Å²) in [5, 5.41) is 11.5. The van der Waals surface area contributed by atoms with Crippen LogP contribution in [0, 0.1) is 6.92 Å². The van der Waals surface area contributed by atoms with Crippen molar-refractivity contribution in [1.82, 2.24) is 15.1 Å². The zero-order valence-corrected chi connectivity index (χ0v) is 12.9. The highest BCUT2D eigenvalue weighted by Gasteiger charge is 2.24. The van der Waals surface area contributed by atoms with Crippen LogP contribution in [0.4, 0.5) is 5.82 Å². The number of nitrogens with one attached hydrogen (secondary N) is 2. The first-order chi connectivity index (χ1) is 10.0. The van der Waals surface area contributed by atoms with Crippen molar-refractivity contribution in [3.63, 3.8) is 0 Å². The third-order valence-corrected chi connectivity index (χ3v) is 3.93. The van der Waals surface area contributed by atoms with Gasteiger partial charge in [-0.25, -0.2) is 4.68 Å². The van der Waals surface area contributed by atoms with Gasteiger partial charge in [0, 0.05) is 23.3 Å². The van der Waals surface area contributed by atoms with Gasteiger partial charge in [-0.1, -0.05) is 23.2 Å². The molecular weight excluding hydrogens is 311 g/mol. The molecule has 21 heavy (non-hydrogen) atoms. The molecule has 2 aromatic rings. The quantitative estimate of drug-likeness (QED) is 0.912. The molecule has 0 unspecified atom stereocenters. The normalized spacial score (nSPS) is 17.9. The summed E-state index contributed by atoms with van der Waals surface area (Å²) in [6.45, 7) is 2.62. The Morgan fingerprint density at radius 2 is 2.19 bits per heavy atom. The van der Waals surface area contributed by atoms with E-state index in [1.54, 1.807) is 16.8 Å². The molecule has 1 aromatic heterocycles. The lowest BCUT2D eigenvalue weighted by Gasteiger charge is -2.09. The van der Waals surface area contributed by atoms with Gasteiger partial charge in [0.05, 0.1) is 10.7 Å². The highest BCUT2D eigenvalue weighted by Crippen LogP contribution is 2.26. The Morgan fingerprint density at radius 3 is 2.86 bits per heavy atom. The fourth-order valence-corrected chi connectivity index (χ4v) is 2.84. The molecule has 1 saturated heterocycles. The molecular formula is C14H14Cl2N4O. The Balaban J connectivity index is 1.89. The summed E-state index contributed by atoms with van der Waals surface area (Å²) in [7, 11) is 0. The van der Waals surface area contributed by atoms with Crippen LogP contribution < -0.4 is 10.6 Å². The maximum Gasteiger partial charge on any atom is 0.242 e. The number of hydrogen-bond acceptors (Lipinski definition) is 3. The molecule has 1 atom stereocenters. The molecule has 2 heterocycles. The van der Waals surface area contributed by atoms with E-state index in [2.05, 4.69) is 15.7 Å². The van der Waals surface area contributed by atoms with Crippen molar-refractivity contribution >= 4 is 34.9 Å². The molecule has 2 N–H and O–H groups in total. The first-order valence-electron chi connectivity index (χ1n) is 6.61. The van der Waals surface area contributed by atoms with Crippen LogP contribution in [0.3, 0.4) is 0 Å². The van der Waals surface area contributed by atoms with Crippen LogP contribution in [0.5, 0.6) is 0 Å². The van der Waals surface area contributed by atoms with Crippen molar-refractivity contribution in [3.8, 4) is 5.69 Å². The Hall–Kier alpha value is -1.72. The smallest absolute Gasteiger partial charge is 0.242 e. The van der Waals surface area contributed by atoms with Gasteiger partial charge < -0.3 is 10.6 Å². The first kappa shape index (κ1) is 14.2. The highest BCUT2D eigenvalue weighted by atomic mass is 35.5. The van der Waals surface area contributed by atoms with Gasteiger partial charge in [-0.3, -0.25) is 4.79 Å². The zero-order chi connectivity index (χ0) is 15.0. The van der Waals surface area contributed by atoms with Crippen LogP contribution in [0.25, 0.3) is 5.69 Å². The number of carbonyl (C=O) groups excluding carboxylic acids is 1. The topological polar surface area (TPSA) is 58.9 Å². The van der Waals surface area contributed by atoms with E-state index in [9.17, 15) is 4.79 Å². The van der Waals surface area contributed by atoms with Gasteiger partial charge >= 0.3 is 0 Å². The van der Waals surface area contributed by atoms with Crippen LogP contribution in [-0.2, 0) is 4.79 Å².